The van der Waals surface area contributed by atoms with E-state index in [-0.39, 0.29) is 13.2 Å². The summed E-state index contributed by atoms with van der Waals surface area (Å²) in [6.45, 7) is 4.58. The third kappa shape index (κ3) is 6.32. The first kappa shape index (κ1) is 25.2. The van der Waals surface area contributed by atoms with Gasteiger partial charge >= 0.3 is 11.9 Å². The van der Waals surface area contributed by atoms with Crippen LogP contribution < -0.4 is 9.54 Å². The van der Waals surface area contributed by atoms with Crippen molar-refractivity contribution in [3.05, 3.63) is 58.4 Å². The van der Waals surface area contributed by atoms with E-state index in [1.165, 1.54) is 18.4 Å². The van der Waals surface area contributed by atoms with E-state index in [0.717, 1.165) is 19.3 Å². The predicted molar refractivity (Wildman–Crippen MR) is 129 cm³/mol. The molecule has 1 heterocycles. The minimum absolute atomic E-state index is 0.123. The molecule has 9 heteroatoms. The molecule has 34 heavy (non-hydrogen) atoms. The number of carbonyl (C=O) groups is 3. The van der Waals surface area contributed by atoms with Gasteiger partial charge in [0.15, 0.2) is 4.80 Å². The van der Waals surface area contributed by atoms with Crippen molar-refractivity contribution in [1.82, 2.24) is 4.57 Å². The van der Waals surface area contributed by atoms with Crippen molar-refractivity contribution in [1.29, 1.82) is 0 Å². The van der Waals surface area contributed by atoms with Crippen molar-refractivity contribution < 1.29 is 28.6 Å². The molecule has 1 aromatic heterocycles. The van der Waals surface area contributed by atoms with E-state index in [9.17, 15) is 14.4 Å². The molecule has 1 amide bonds. The number of hydrogen-bond acceptors (Lipinski definition) is 7. The fourth-order valence-corrected chi connectivity index (χ4v) is 4.33. The summed E-state index contributed by atoms with van der Waals surface area (Å²) in [6.07, 6.45) is 3.13. The molecular weight excluding hydrogens is 456 g/mol. The van der Waals surface area contributed by atoms with Crippen LogP contribution in [-0.4, -0.2) is 42.7 Å². The monoisotopic (exact) mass is 484 g/mol. The average molecular weight is 485 g/mol. The summed E-state index contributed by atoms with van der Waals surface area (Å²) in [5, 5.41) is 0. The Labute approximate surface area is 201 Å². The molecule has 3 aromatic rings. The van der Waals surface area contributed by atoms with Crippen molar-refractivity contribution in [2.75, 3.05) is 20.3 Å². The van der Waals surface area contributed by atoms with Crippen molar-refractivity contribution in [3.8, 4) is 5.75 Å². The Morgan fingerprint density at radius 3 is 2.59 bits per heavy atom. The minimum Gasteiger partial charge on any atom is -0.494 e. The maximum absolute atomic E-state index is 13.0. The fourth-order valence-electron chi connectivity index (χ4n) is 3.26. The Balaban J connectivity index is 1.97. The van der Waals surface area contributed by atoms with Gasteiger partial charge in [0.25, 0.3) is 5.91 Å². The highest BCUT2D eigenvalue weighted by Gasteiger charge is 2.15. The third-order valence-corrected chi connectivity index (χ3v) is 6.04. The molecule has 0 saturated carbocycles. The van der Waals surface area contributed by atoms with E-state index >= 15 is 0 Å². The first-order valence-corrected chi connectivity index (χ1v) is 12.0. The molecule has 0 N–H and O–H groups in total. The summed E-state index contributed by atoms with van der Waals surface area (Å²) in [5.41, 5.74) is 1.41. The number of amides is 1. The number of methoxy groups -OCH3 is 1. The van der Waals surface area contributed by atoms with E-state index < -0.39 is 17.8 Å². The summed E-state index contributed by atoms with van der Waals surface area (Å²) in [5.74, 6) is -0.780. The first-order chi connectivity index (χ1) is 16.5. The number of esters is 2. The van der Waals surface area contributed by atoms with Crippen molar-refractivity contribution in [2.24, 2.45) is 4.99 Å². The SMILES string of the molecule is CCCCCOc1cccc(C(=O)N=c2sc3cc(C(=O)OCC)ccc3n2CC(=O)OC)c1. The number of unbranched alkanes of at least 4 members (excludes halogenated alkanes) is 2. The molecule has 0 fully saturated rings. The van der Waals surface area contributed by atoms with Crippen LogP contribution in [0.15, 0.2) is 47.5 Å². The lowest BCUT2D eigenvalue weighted by Gasteiger charge is -2.06. The fraction of sp³-hybridized carbons (Fsp3) is 0.360. The molecule has 180 valence electrons. The molecule has 0 aliphatic heterocycles. The predicted octanol–water partition coefficient (Wildman–Crippen LogP) is 4.36. The van der Waals surface area contributed by atoms with Gasteiger partial charge < -0.3 is 18.8 Å². The van der Waals surface area contributed by atoms with Crippen molar-refractivity contribution in [3.63, 3.8) is 0 Å². The van der Waals surface area contributed by atoms with Crippen LogP contribution in [0.25, 0.3) is 10.2 Å². The van der Waals surface area contributed by atoms with Crippen LogP contribution in [0.3, 0.4) is 0 Å². The molecule has 0 aliphatic carbocycles. The molecule has 0 bridgehead atoms. The number of carbonyl (C=O) groups excluding carboxylic acids is 3. The summed E-state index contributed by atoms with van der Waals surface area (Å²) >= 11 is 1.20. The molecule has 8 nitrogen and oxygen atoms in total. The van der Waals surface area contributed by atoms with Crippen LogP contribution in [0.2, 0.25) is 0 Å². The Hall–Kier alpha value is -3.46. The average Bonchev–Trinajstić information content (AvgIpc) is 3.17. The normalized spacial score (nSPS) is 11.4. The summed E-state index contributed by atoms with van der Waals surface area (Å²) in [6, 6.07) is 11.9. The molecular formula is C25H28N2O6S. The molecule has 0 saturated heterocycles. The van der Waals surface area contributed by atoms with E-state index in [1.807, 2.05) is 0 Å². The van der Waals surface area contributed by atoms with Gasteiger partial charge in [-0.1, -0.05) is 37.2 Å². The van der Waals surface area contributed by atoms with Gasteiger partial charge in [0.2, 0.25) is 0 Å². The molecule has 3 rings (SSSR count). The van der Waals surface area contributed by atoms with Gasteiger partial charge in [0.05, 0.1) is 36.1 Å². The second-order valence-corrected chi connectivity index (χ2v) is 8.46. The van der Waals surface area contributed by atoms with Crippen molar-refractivity contribution in [2.45, 2.75) is 39.7 Å². The zero-order chi connectivity index (χ0) is 24.5. The Bertz CT molecular complexity index is 1240. The van der Waals surface area contributed by atoms with E-state index in [2.05, 4.69) is 11.9 Å². The second kappa shape index (κ2) is 12.1. The Morgan fingerprint density at radius 2 is 1.85 bits per heavy atom. The maximum atomic E-state index is 13.0. The summed E-state index contributed by atoms with van der Waals surface area (Å²) < 4.78 is 17.9. The molecule has 2 aromatic carbocycles. The maximum Gasteiger partial charge on any atom is 0.338 e. The molecule has 0 atom stereocenters. The number of nitrogens with zero attached hydrogens (tertiary/aromatic N) is 2. The standard InChI is InChI=1S/C25H28N2O6S/c1-4-6-7-13-33-19-10-8-9-17(14-19)23(29)26-25-27(16-22(28)31-3)20-12-11-18(15-21(20)34-25)24(30)32-5-2/h8-12,14-15H,4-7,13,16H2,1-3H3. The van der Waals surface area contributed by atoms with E-state index in [1.54, 1.807) is 54.0 Å². The Morgan fingerprint density at radius 1 is 1.03 bits per heavy atom. The lowest BCUT2D eigenvalue weighted by atomic mass is 10.2. The van der Waals surface area contributed by atoms with Crippen LogP contribution in [-0.2, 0) is 20.8 Å². The zero-order valence-corrected chi connectivity index (χ0v) is 20.4. The van der Waals surface area contributed by atoms with Gasteiger partial charge in [0, 0.05) is 5.56 Å². The van der Waals surface area contributed by atoms with Gasteiger partial charge in [-0.3, -0.25) is 9.59 Å². The number of fused-ring (bicyclic) bond motifs is 1. The largest absolute Gasteiger partial charge is 0.494 e. The summed E-state index contributed by atoms with van der Waals surface area (Å²) in [4.78, 5) is 41.7. The highest BCUT2D eigenvalue weighted by Crippen LogP contribution is 2.21. The van der Waals surface area contributed by atoms with Crippen LogP contribution in [0.1, 0.15) is 53.8 Å². The first-order valence-electron chi connectivity index (χ1n) is 11.2. The molecule has 0 unspecified atom stereocenters. The highest BCUT2D eigenvalue weighted by atomic mass is 32.1. The number of aromatic nitrogens is 1. The highest BCUT2D eigenvalue weighted by molar-refractivity contribution is 7.16. The Kier molecular flexibility index (Phi) is 8.98. The molecule has 0 radical (unpaired) electrons. The lowest BCUT2D eigenvalue weighted by molar-refractivity contribution is -0.141. The number of rotatable bonds is 10. The van der Waals surface area contributed by atoms with Crippen LogP contribution in [0.5, 0.6) is 5.75 Å². The third-order valence-electron chi connectivity index (χ3n) is 5.00. The van der Waals surface area contributed by atoms with Crippen molar-refractivity contribution >= 4 is 39.4 Å². The number of ether oxygens (including phenoxy) is 3. The number of hydrogen-bond donors (Lipinski definition) is 0. The van der Waals surface area contributed by atoms with Crippen LogP contribution >= 0.6 is 11.3 Å². The van der Waals surface area contributed by atoms with E-state index in [4.69, 9.17) is 14.2 Å². The van der Waals surface area contributed by atoms with Gasteiger partial charge in [-0.15, -0.1) is 0 Å². The van der Waals surface area contributed by atoms with Crippen LogP contribution in [0, 0.1) is 0 Å². The van der Waals surface area contributed by atoms with Gasteiger partial charge in [-0.25, -0.2) is 4.79 Å². The molecule has 0 spiro atoms. The van der Waals surface area contributed by atoms with Gasteiger partial charge in [-0.2, -0.15) is 4.99 Å². The zero-order valence-electron chi connectivity index (χ0n) is 19.5. The topological polar surface area (TPSA) is 96.2 Å². The quantitative estimate of drug-likeness (QED) is 0.313. The molecule has 0 aliphatic rings. The second-order valence-electron chi connectivity index (χ2n) is 7.45. The van der Waals surface area contributed by atoms with Crippen LogP contribution in [0.4, 0.5) is 0 Å². The van der Waals surface area contributed by atoms with Gasteiger partial charge in [0.1, 0.15) is 12.3 Å². The smallest absolute Gasteiger partial charge is 0.338 e. The minimum atomic E-state index is -0.481. The lowest BCUT2D eigenvalue weighted by Crippen LogP contribution is -2.22. The number of thiazole rings is 1. The number of benzene rings is 2. The summed E-state index contributed by atoms with van der Waals surface area (Å²) in [7, 11) is 1.30. The van der Waals surface area contributed by atoms with E-state index in [0.29, 0.717) is 38.5 Å². The van der Waals surface area contributed by atoms with Gasteiger partial charge in [-0.05, 0) is 49.7 Å².